The molecule has 0 heterocycles. The second kappa shape index (κ2) is 9.34. The summed E-state index contributed by atoms with van der Waals surface area (Å²) in [6.07, 6.45) is 0.939. The van der Waals surface area contributed by atoms with E-state index in [1.807, 2.05) is 13.8 Å². The van der Waals surface area contributed by atoms with E-state index in [1.165, 1.54) is 0 Å². The molecule has 0 saturated heterocycles. The van der Waals surface area contributed by atoms with Crippen LogP contribution in [0.1, 0.15) is 20.8 Å². The van der Waals surface area contributed by atoms with Crippen molar-refractivity contribution in [1.29, 1.82) is 0 Å². The third-order valence-electron chi connectivity index (χ3n) is 1.88. The molecular weight excluding hydrogens is 284 g/mol. The number of carbonyl (C=O) groups is 1. The minimum absolute atomic E-state index is 0.0742. The summed E-state index contributed by atoms with van der Waals surface area (Å²) in [6.45, 7) is 5.20. The van der Waals surface area contributed by atoms with Crippen LogP contribution in [0, 0.1) is 17.8 Å². The van der Waals surface area contributed by atoms with Gasteiger partial charge in [-0.05, 0) is 12.8 Å². The average molecular weight is 304 g/mol. The summed E-state index contributed by atoms with van der Waals surface area (Å²) < 4.78 is 25.8. The molecule has 0 bridgehead atoms. The molecule has 7 nitrogen and oxygen atoms in total. The molecule has 114 valence electrons. The van der Waals surface area contributed by atoms with E-state index in [1.54, 1.807) is 6.92 Å². The Kier molecular flexibility index (Phi) is 8.59. The summed E-state index contributed by atoms with van der Waals surface area (Å²) in [5.41, 5.74) is 0.556. The van der Waals surface area contributed by atoms with E-state index in [2.05, 4.69) is 26.5 Å². The number of hydrogen-bond acceptors (Lipinski definition) is 6. The fourth-order valence-electron chi connectivity index (χ4n) is 0.996. The summed E-state index contributed by atoms with van der Waals surface area (Å²) in [4.78, 5) is 16.2. The quantitative estimate of drug-likeness (QED) is 0.226. The predicted octanol–water partition coefficient (Wildman–Crippen LogP) is 0.131. The molecule has 0 aliphatic carbocycles. The molecule has 8 heteroatoms. The summed E-state index contributed by atoms with van der Waals surface area (Å²) in [7, 11) is -3.49. The van der Waals surface area contributed by atoms with Crippen LogP contribution in [-0.4, -0.2) is 46.1 Å². The van der Waals surface area contributed by atoms with Crippen molar-refractivity contribution < 1.29 is 22.2 Å². The molecule has 0 aromatic carbocycles. The lowest BCUT2D eigenvalue weighted by Gasteiger charge is -2.05. The van der Waals surface area contributed by atoms with Gasteiger partial charge < -0.3 is 10.2 Å². The van der Waals surface area contributed by atoms with Gasteiger partial charge in [-0.2, -0.15) is 8.42 Å². The van der Waals surface area contributed by atoms with Gasteiger partial charge in [-0.25, -0.2) is 0 Å². The standard InChI is InChI=1S/C12H20N2O5S/c1-5-6-11(10(2)3)14-18-9-12(15)13-7-8-19-20(4,16)17/h10H,7-9H2,1-4H3,(H,13,15)/b14-11+. The molecule has 0 unspecified atom stereocenters. The Labute approximate surface area is 119 Å². The molecule has 0 spiro atoms. The summed E-state index contributed by atoms with van der Waals surface area (Å²) in [6, 6.07) is 0. The van der Waals surface area contributed by atoms with E-state index in [0.717, 1.165) is 6.26 Å². The van der Waals surface area contributed by atoms with Crippen molar-refractivity contribution in [2.24, 2.45) is 11.1 Å². The van der Waals surface area contributed by atoms with Gasteiger partial charge in [0, 0.05) is 12.5 Å². The maximum atomic E-state index is 11.3. The topological polar surface area (TPSA) is 94.1 Å². The van der Waals surface area contributed by atoms with Crippen molar-refractivity contribution in [3.8, 4) is 11.8 Å². The molecule has 1 N–H and O–H groups in total. The molecule has 0 saturated carbocycles. The van der Waals surface area contributed by atoms with Crippen LogP contribution in [0.5, 0.6) is 0 Å². The van der Waals surface area contributed by atoms with E-state index in [0.29, 0.717) is 5.71 Å². The van der Waals surface area contributed by atoms with Crippen molar-refractivity contribution in [2.75, 3.05) is 26.0 Å². The van der Waals surface area contributed by atoms with Gasteiger partial charge in [-0.1, -0.05) is 24.9 Å². The molecule has 1 amide bonds. The Morgan fingerprint density at radius 2 is 2.05 bits per heavy atom. The number of nitrogens with one attached hydrogen (secondary N) is 1. The van der Waals surface area contributed by atoms with Gasteiger partial charge in [0.05, 0.1) is 12.9 Å². The first-order valence-electron chi connectivity index (χ1n) is 6.00. The summed E-state index contributed by atoms with van der Waals surface area (Å²) in [5.74, 6) is 5.18. The molecular formula is C12H20N2O5S. The van der Waals surface area contributed by atoms with Gasteiger partial charge in [-0.3, -0.25) is 8.98 Å². The highest BCUT2D eigenvalue weighted by Gasteiger charge is 2.05. The molecule has 0 aromatic rings. The Bertz CT molecular complexity index is 500. The molecule has 0 aromatic heterocycles. The van der Waals surface area contributed by atoms with Crippen LogP contribution in [0.4, 0.5) is 0 Å². The predicted molar refractivity (Wildman–Crippen MR) is 75.5 cm³/mol. The third-order valence-corrected chi connectivity index (χ3v) is 2.47. The van der Waals surface area contributed by atoms with Crippen LogP contribution < -0.4 is 5.32 Å². The highest BCUT2D eigenvalue weighted by atomic mass is 32.2. The maximum Gasteiger partial charge on any atom is 0.264 e. The molecule has 0 radical (unpaired) electrons. The second-order valence-corrected chi connectivity index (χ2v) is 5.80. The van der Waals surface area contributed by atoms with Gasteiger partial charge in [0.25, 0.3) is 16.0 Å². The van der Waals surface area contributed by atoms with Crippen LogP contribution in [0.15, 0.2) is 5.16 Å². The minimum atomic E-state index is -3.49. The van der Waals surface area contributed by atoms with Gasteiger partial charge in [0.15, 0.2) is 6.61 Å². The number of carbonyl (C=O) groups excluding carboxylic acids is 1. The Morgan fingerprint density at radius 1 is 1.40 bits per heavy atom. The highest BCUT2D eigenvalue weighted by Crippen LogP contribution is 1.96. The fourth-order valence-corrected chi connectivity index (χ4v) is 1.38. The van der Waals surface area contributed by atoms with Crippen LogP contribution in [0.2, 0.25) is 0 Å². The maximum absolute atomic E-state index is 11.3. The van der Waals surface area contributed by atoms with E-state index in [9.17, 15) is 13.2 Å². The number of hydrogen-bond donors (Lipinski definition) is 1. The molecule has 0 atom stereocenters. The smallest absolute Gasteiger partial charge is 0.264 e. The first-order valence-corrected chi connectivity index (χ1v) is 7.81. The molecule has 0 aliphatic heterocycles. The number of nitrogens with zero attached hydrogens (tertiary/aromatic N) is 1. The minimum Gasteiger partial charge on any atom is -0.385 e. The largest absolute Gasteiger partial charge is 0.385 e. The molecule has 0 aliphatic rings. The molecule has 0 rings (SSSR count). The molecule has 20 heavy (non-hydrogen) atoms. The first kappa shape index (κ1) is 18.4. The lowest BCUT2D eigenvalue weighted by molar-refractivity contribution is -0.125. The highest BCUT2D eigenvalue weighted by molar-refractivity contribution is 7.85. The van der Waals surface area contributed by atoms with E-state index < -0.39 is 16.0 Å². The summed E-state index contributed by atoms with van der Waals surface area (Å²) in [5, 5.41) is 6.21. The number of oxime groups is 1. The Hall–Kier alpha value is -1.59. The Morgan fingerprint density at radius 3 is 2.55 bits per heavy atom. The van der Waals surface area contributed by atoms with Gasteiger partial charge >= 0.3 is 0 Å². The zero-order valence-electron chi connectivity index (χ0n) is 12.1. The molecule has 0 fully saturated rings. The van der Waals surface area contributed by atoms with E-state index in [4.69, 9.17) is 4.84 Å². The summed E-state index contributed by atoms with van der Waals surface area (Å²) >= 11 is 0. The van der Waals surface area contributed by atoms with Crippen molar-refractivity contribution in [1.82, 2.24) is 5.32 Å². The van der Waals surface area contributed by atoms with Crippen LogP contribution >= 0.6 is 0 Å². The zero-order chi connectivity index (χ0) is 15.6. The lowest BCUT2D eigenvalue weighted by atomic mass is 10.1. The SMILES string of the molecule is CC#C/C(=N\OCC(=O)NCCOS(C)(=O)=O)C(C)C. The first-order chi connectivity index (χ1) is 9.26. The Balaban J connectivity index is 3.98. The second-order valence-electron chi connectivity index (χ2n) is 4.16. The van der Waals surface area contributed by atoms with Crippen LogP contribution in [0.25, 0.3) is 0 Å². The van der Waals surface area contributed by atoms with Crippen molar-refractivity contribution in [3.63, 3.8) is 0 Å². The van der Waals surface area contributed by atoms with E-state index >= 15 is 0 Å². The number of amides is 1. The monoisotopic (exact) mass is 304 g/mol. The van der Waals surface area contributed by atoms with Crippen LogP contribution in [-0.2, 0) is 23.9 Å². The normalized spacial score (nSPS) is 11.8. The van der Waals surface area contributed by atoms with Crippen LogP contribution in [0.3, 0.4) is 0 Å². The average Bonchev–Trinajstić information content (AvgIpc) is 2.32. The van der Waals surface area contributed by atoms with Gasteiger partial charge in [0.1, 0.15) is 5.71 Å². The van der Waals surface area contributed by atoms with E-state index in [-0.39, 0.29) is 25.7 Å². The van der Waals surface area contributed by atoms with Crippen molar-refractivity contribution in [2.45, 2.75) is 20.8 Å². The zero-order valence-corrected chi connectivity index (χ0v) is 12.9. The van der Waals surface area contributed by atoms with Gasteiger partial charge in [-0.15, -0.1) is 0 Å². The fraction of sp³-hybridized carbons (Fsp3) is 0.667. The van der Waals surface area contributed by atoms with Gasteiger partial charge in [0.2, 0.25) is 0 Å². The lowest BCUT2D eigenvalue weighted by Crippen LogP contribution is -2.30. The number of rotatable bonds is 8. The third kappa shape index (κ3) is 10.3. The van der Waals surface area contributed by atoms with Crippen molar-refractivity contribution in [3.05, 3.63) is 0 Å². The van der Waals surface area contributed by atoms with Crippen molar-refractivity contribution >= 4 is 21.7 Å².